The molecule has 0 fully saturated rings. The molecule has 2 rings (SSSR count). The first-order chi connectivity index (χ1) is 9.69. The maximum absolute atomic E-state index is 4.29. The summed E-state index contributed by atoms with van der Waals surface area (Å²) >= 11 is 0. The van der Waals surface area contributed by atoms with Crippen molar-refractivity contribution in [2.45, 2.75) is 59.3 Å². The Balaban J connectivity index is 1.81. The molecule has 0 aromatic carbocycles. The van der Waals surface area contributed by atoms with Gasteiger partial charge >= 0.3 is 0 Å². The lowest BCUT2D eigenvalue weighted by atomic mass is 10.3. The van der Waals surface area contributed by atoms with Crippen LogP contribution in [0.2, 0.25) is 0 Å². The van der Waals surface area contributed by atoms with Crippen LogP contribution in [0.5, 0.6) is 0 Å². The van der Waals surface area contributed by atoms with Gasteiger partial charge in [-0.2, -0.15) is 5.10 Å². The summed E-state index contributed by atoms with van der Waals surface area (Å²) < 4.78 is 3.83. The number of nitrogens with one attached hydrogen (secondary N) is 1. The Hall–Kier alpha value is -1.76. The van der Waals surface area contributed by atoms with E-state index in [2.05, 4.69) is 39.8 Å². The van der Waals surface area contributed by atoms with Gasteiger partial charge in [-0.1, -0.05) is 13.3 Å². The third kappa shape index (κ3) is 4.12. The van der Waals surface area contributed by atoms with Crippen LogP contribution < -0.4 is 5.32 Å². The monoisotopic (exact) mass is 277 g/mol. The fraction of sp³-hybridized carbons (Fsp3) is 0.692. The van der Waals surface area contributed by atoms with Crippen LogP contribution >= 0.6 is 0 Å². The van der Waals surface area contributed by atoms with Crippen molar-refractivity contribution in [3.63, 3.8) is 0 Å². The molecule has 7 nitrogen and oxygen atoms in total. The molecule has 0 unspecified atom stereocenters. The van der Waals surface area contributed by atoms with Gasteiger partial charge in [-0.05, 0) is 36.3 Å². The van der Waals surface area contributed by atoms with E-state index >= 15 is 0 Å². The van der Waals surface area contributed by atoms with E-state index in [0.29, 0.717) is 12.6 Å². The zero-order valence-corrected chi connectivity index (χ0v) is 12.5. The van der Waals surface area contributed by atoms with Gasteiger partial charge < -0.3 is 5.32 Å². The van der Waals surface area contributed by atoms with E-state index in [-0.39, 0.29) is 0 Å². The number of nitrogens with zero attached hydrogens (tertiary/aromatic N) is 6. The first-order valence-electron chi connectivity index (χ1n) is 7.16. The molecule has 0 spiro atoms. The molecule has 0 saturated carbocycles. The maximum atomic E-state index is 4.29. The van der Waals surface area contributed by atoms with E-state index in [1.807, 2.05) is 28.7 Å². The summed E-state index contributed by atoms with van der Waals surface area (Å²) in [5, 5.41) is 19.6. The lowest BCUT2D eigenvalue weighted by Gasteiger charge is -2.13. The van der Waals surface area contributed by atoms with Crippen molar-refractivity contribution in [3.8, 4) is 0 Å². The van der Waals surface area contributed by atoms with Gasteiger partial charge in [-0.15, -0.1) is 5.10 Å². The minimum absolute atomic E-state index is 0.311. The summed E-state index contributed by atoms with van der Waals surface area (Å²) in [5.41, 5.74) is 1.18. The number of hydrogen-bond donors (Lipinski definition) is 1. The second-order valence-electron chi connectivity index (χ2n) is 5.19. The molecule has 2 aromatic rings. The smallest absolute Gasteiger partial charge is 0.165 e. The fourth-order valence-electron chi connectivity index (χ4n) is 2.01. The first kappa shape index (κ1) is 14.6. The molecule has 1 N–H and O–H groups in total. The van der Waals surface area contributed by atoms with Crippen molar-refractivity contribution in [1.29, 1.82) is 0 Å². The van der Waals surface area contributed by atoms with E-state index in [4.69, 9.17) is 0 Å². The Morgan fingerprint density at radius 3 is 2.95 bits per heavy atom. The average molecular weight is 277 g/mol. The molecule has 0 aliphatic carbocycles. The van der Waals surface area contributed by atoms with Gasteiger partial charge in [0, 0.05) is 18.8 Å². The molecule has 0 bridgehead atoms. The normalized spacial score (nSPS) is 12.8. The van der Waals surface area contributed by atoms with Gasteiger partial charge in [0.2, 0.25) is 0 Å². The van der Waals surface area contributed by atoms with Crippen molar-refractivity contribution in [1.82, 2.24) is 35.3 Å². The van der Waals surface area contributed by atoms with E-state index in [0.717, 1.165) is 31.8 Å². The largest absolute Gasteiger partial charge is 0.305 e. The summed E-state index contributed by atoms with van der Waals surface area (Å²) in [6, 6.07) is 0.311. The molecule has 0 saturated heterocycles. The van der Waals surface area contributed by atoms with Crippen LogP contribution in [0.25, 0.3) is 0 Å². The van der Waals surface area contributed by atoms with Crippen molar-refractivity contribution < 1.29 is 0 Å². The van der Waals surface area contributed by atoms with E-state index < -0.39 is 0 Å². The van der Waals surface area contributed by atoms with Crippen LogP contribution in [0, 0.1) is 6.92 Å². The van der Waals surface area contributed by atoms with Crippen LogP contribution in [0.15, 0.2) is 12.4 Å². The second kappa shape index (κ2) is 7.14. The van der Waals surface area contributed by atoms with Crippen LogP contribution in [0.1, 0.15) is 38.1 Å². The quantitative estimate of drug-likeness (QED) is 0.783. The third-order valence-corrected chi connectivity index (χ3v) is 3.16. The molecule has 2 aromatic heterocycles. The molecular weight excluding hydrogens is 254 g/mol. The Morgan fingerprint density at radius 2 is 2.25 bits per heavy atom. The Labute approximate surface area is 119 Å². The summed E-state index contributed by atoms with van der Waals surface area (Å²) in [6.45, 7) is 8.74. The van der Waals surface area contributed by atoms with Gasteiger partial charge in [0.15, 0.2) is 5.82 Å². The first-order valence-corrected chi connectivity index (χ1v) is 7.16. The van der Waals surface area contributed by atoms with Gasteiger partial charge in [-0.3, -0.25) is 4.68 Å². The van der Waals surface area contributed by atoms with Gasteiger partial charge in [0.1, 0.15) is 0 Å². The number of tetrazole rings is 1. The summed E-state index contributed by atoms with van der Waals surface area (Å²) in [7, 11) is 0. The number of aryl methyl sites for hydroxylation is 2. The molecule has 0 aliphatic heterocycles. The highest BCUT2D eigenvalue weighted by Crippen LogP contribution is 1.99. The molecule has 1 atom stereocenters. The zero-order chi connectivity index (χ0) is 14.4. The number of hydrogen-bond acceptors (Lipinski definition) is 5. The van der Waals surface area contributed by atoms with E-state index in [1.54, 1.807) is 0 Å². The standard InChI is InChI=1S/C13H23N7/c1-4-5-6-20-13(16-17-18-20)8-14-12(3)10-19-9-11(2)7-15-19/h7,9,12,14H,4-6,8,10H2,1-3H3/t12-/m1/s1. The molecule has 0 radical (unpaired) electrons. The molecule has 2 heterocycles. The van der Waals surface area contributed by atoms with Crippen molar-refractivity contribution >= 4 is 0 Å². The zero-order valence-electron chi connectivity index (χ0n) is 12.5. The molecule has 0 aliphatic rings. The summed E-state index contributed by atoms with van der Waals surface area (Å²) in [6.07, 6.45) is 6.16. The van der Waals surface area contributed by atoms with Crippen LogP contribution in [0.4, 0.5) is 0 Å². The topological polar surface area (TPSA) is 73.5 Å². The summed E-state index contributed by atoms with van der Waals surface area (Å²) in [5.74, 6) is 0.891. The summed E-state index contributed by atoms with van der Waals surface area (Å²) in [4.78, 5) is 0. The maximum Gasteiger partial charge on any atom is 0.165 e. The fourth-order valence-corrected chi connectivity index (χ4v) is 2.01. The second-order valence-corrected chi connectivity index (χ2v) is 5.19. The Bertz CT molecular complexity index is 516. The van der Waals surface area contributed by atoms with Crippen LogP contribution in [-0.2, 0) is 19.6 Å². The SMILES string of the molecule is CCCCn1nnnc1CN[C@H](C)Cn1cc(C)cn1. The van der Waals surface area contributed by atoms with Crippen molar-refractivity contribution in [3.05, 3.63) is 23.8 Å². The molecule has 7 heteroatoms. The highest BCUT2D eigenvalue weighted by atomic mass is 15.5. The predicted octanol–water partition coefficient (Wildman–Crippen LogP) is 1.16. The minimum atomic E-state index is 0.311. The molecule has 20 heavy (non-hydrogen) atoms. The van der Waals surface area contributed by atoms with Crippen molar-refractivity contribution in [2.75, 3.05) is 0 Å². The number of rotatable bonds is 8. The lowest BCUT2D eigenvalue weighted by molar-refractivity contribution is 0.433. The highest BCUT2D eigenvalue weighted by molar-refractivity contribution is 4.99. The van der Waals surface area contributed by atoms with Gasteiger partial charge in [0.25, 0.3) is 0 Å². The van der Waals surface area contributed by atoms with Gasteiger partial charge in [-0.25, -0.2) is 4.68 Å². The molecular formula is C13H23N7. The molecule has 110 valence electrons. The van der Waals surface area contributed by atoms with Gasteiger partial charge in [0.05, 0.1) is 19.3 Å². The Morgan fingerprint density at radius 1 is 1.40 bits per heavy atom. The molecule has 0 amide bonds. The highest BCUT2D eigenvalue weighted by Gasteiger charge is 2.08. The van der Waals surface area contributed by atoms with E-state index in [9.17, 15) is 0 Å². The van der Waals surface area contributed by atoms with Crippen LogP contribution in [0.3, 0.4) is 0 Å². The minimum Gasteiger partial charge on any atom is -0.305 e. The predicted molar refractivity (Wildman–Crippen MR) is 76.0 cm³/mol. The average Bonchev–Trinajstić information content (AvgIpc) is 3.03. The third-order valence-electron chi connectivity index (χ3n) is 3.16. The number of aromatic nitrogens is 6. The van der Waals surface area contributed by atoms with Crippen molar-refractivity contribution in [2.24, 2.45) is 0 Å². The number of unbranched alkanes of at least 4 members (excludes halogenated alkanes) is 1. The Kier molecular flexibility index (Phi) is 5.23. The van der Waals surface area contributed by atoms with E-state index in [1.165, 1.54) is 5.56 Å². The van der Waals surface area contributed by atoms with Crippen LogP contribution in [-0.4, -0.2) is 36.0 Å². The lowest BCUT2D eigenvalue weighted by Crippen LogP contribution is -2.31.